The molecule has 0 saturated carbocycles. The summed E-state index contributed by atoms with van der Waals surface area (Å²) in [5.41, 5.74) is 4.89. The summed E-state index contributed by atoms with van der Waals surface area (Å²) in [5, 5.41) is 11.4. The molecule has 4 rings (SSSR count). The maximum absolute atomic E-state index is 13.0. The topological polar surface area (TPSA) is 47.3 Å². The fourth-order valence-electron chi connectivity index (χ4n) is 3.90. The number of hydrogen-bond donors (Lipinski definition) is 0. The number of fused-ring (bicyclic) bond motifs is 1. The largest absolute Gasteiger partial charge is 0.343 e. The zero-order chi connectivity index (χ0) is 19.8. The summed E-state index contributed by atoms with van der Waals surface area (Å²) < 4.78 is 0. The normalized spacial score (nSPS) is 19.5. The van der Waals surface area contributed by atoms with Crippen molar-refractivity contribution < 1.29 is 4.79 Å². The van der Waals surface area contributed by atoms with Crippen LogP contribution in [-0.2, 0) is 4.79 Å². The Hall–Kier alpha value is -2.42. The van der Waals surface area contributed by atoms with Gasteiger partial charge < -0.3 is 4.90 Å². The molecule has 0 aromatic heterocycles. The van der Waals surface area contributed by atoms with E-state index >= 15 is 0 Å². The van der Waals surface area contributed by atoms with Crippen molar-refractivity contribution >= 4 is 35.0 Å². The number of amides is 1. The van der Waals surface area contributed by atoms with Gasteiger partial charge in [0.2, 0.25) is 5.91 Å². The van der Waals surface area contributed by atoms with E-state index in [1.807, 2.05) is 56.3 Å². The van der Waals surface area contributed by atoms with Crippen LogP contribution in [0.15, 0.2) is 53.1 Å². The number of nitriles is 1. The lowest BCUT2D eigenvalue weighted by Gasteiger charge is -2.42. The highest BCUT2D eigenvalue weighted by atomic mass is 35.5. The first kappa shape index (κ1) is 18.9. The van der Waals surface area contributed by atoms with Crippen molar-refractivity contribution in [2.24, 2.45) is 0 Å². The van der Waals surface area contributed by atoms with Gasteiger partial charge in [-0.15, -0.1) is 0 Å². The predicted octanol–water partition coefficient (Wildman–Crippen LogP) is 5.18. The number of carbonyl (C=O) groups is 1. The average molecular weight is 410 g/mol. The van der Waals surface area contributed by atoms with E-state index in [-0.39, 0.29) is 11.8 Å². The smallest absolute Gasteiger partial charge is 0.229 e. The molecule has 2 heterocycles. The number of benzene rings is 2. The van der Waals surface area contributed by atoms with Crippen molar-refractivity contribution in [3.8, 4) is 6.07 Å². The van der Waals surface area contributed by atoms with Crippen LogP contribution >= 0.6 is 23.4 Å². The molecule has 0 N–H and O–H groups in total. The molecule has 142 valence electrons. The molecule has 4 nitrogen and oxygen atoms in total. The van der Waals surface area contributed by atoms with Crippen LogP contribution in [0.4, 0.5) is 5.69 Å². The Kier molecular flexibility index (Phi) is 5.09. The van der Waals surface area contributed by atoms with Gasteiger partial charge in [0, 0.05) is 23.0 Å². The van der Waals surface area contributed by atoms with E-state index in [9.17, 15) is 10.1 Å². The van der Waals surface area contributed by atoms with E-state index < -0.39 is 0 Å². The van der Waals surface area contributed by atoms with Crippen molar-refractivity contribution in [2.75, 3.05) is 17.4 Å². The van der Waals surface area contributed by atoms with Crippen LogP contribution in [0.25, 0.3) is 0 Å². The van der Waals surface area contributed by atoms with Crippen LogP contribution in [0.3, 0.4) is 0 Å². The van der Waals surface area contributed by atoms with Gasteiger partial charge in [0.05, 0.1) is 29.2 Å². The van der Waals surface area contributed by atoms with Gasteiger partial charge in [0.1, 0.15) is 0 Å². The Morgan fingerprint density at radius 2 is 1.96 bits per heavy atom. The first-order valence-electron chi connectivity index (χ1n) is 9.14. The molecule has 1 fully saturated rings. The molecular formula is C22H20ClN3OS. The summed E-state index contributed by atoms with van der Waals surface area (Å²) in [6.45, 7) is 4.46. The van der Waals surface area contributed by atoms with E-state index in [4.69, 9.17) is 11.6 Å². The molecule has 0 unspecified atom stereocenters. The minimum Gasteiger partial charge on any atom is -0.343 e. The van der Waals surface area contributed by atoms with Crippen molar-refractivity contribution in [1.82, 2.24) is 4.90 Å². The Balaban J connectivity index is 1.70. The molecule has 2 aliphatic heterocycles. The van der Waals surface area contributed by atoms with Crippen molar-refractivity contribution in [2.45, 2.75) is 26.2 Å². The molecule has 1 amide bonds. The minimum atomic E-state index is -0.170. The summed E-state index contributed by atoms with van der Waals surface area (Å²) in [7, 11) is 0. The zero-order valence-corrected chi connectivity index (χ0v) is 17.3. The summed E-state index contributed by atoms with van der Waals surface area (Å²) in [6.07, 6.45) is 0.320. The molecule has 2 aromatic rings. The molecule has 1 atom stereocenters. The summed E-state index contributed by atoms with van der Waals surface area (Å²) in [5.74, 6) is 0.558. The van der Waals surface area contributed by atoms with Gasteiger partial charge in [-0.1, -0.05) is 53.7 Å². The van der Waals surface area contributed by atoms with Crippen molar-refractivity contribution in [3.63, 3.8) is 0 Å². The van der Waals surface area contributed by atoms with Crippen LogP contribution in [0.5, 0.6) is 0 Å². The standard InChI is InChI=1S/C22H20ClN3OS/c1-14-6-3-4-7-16(14)17-10-21(27)26-12-25(13-28-22(26)18(17)11-24)20-9-5-8-19(23)15(20)2/h3-9,17H,10,12-13H2,1-2H3/t17-/m0/s1. The van der Waals surface area contributed by atoms with Crippen LogP contribution in [0, 0.1) is 25.2 Å². The second kappa shape index (κ2) is 7.54. The average Bonchev–Trinajstić information content (AvgIpc) is 2.70. The molecule has 2 aliphatic rings. The SMILES string of the molecule is Cc1ccccc1[C@@H]1CC(=O)N2CN(c3cccc(Cl)c3C)CSC2=C1C#N. The number of aryl methyl sites for hydroxylation is 1. The van der Waals surface area contributed by atoms with Gasteiger partial charge in [-0.2, -0.15) is 5.26 Å². The van der Waals surface area contributed by atoms with Crippen LogP contribution < -0.4 is 4.90 Å². The number of halogens is 1. The number of thioether (sulfide) groups is 1. The third-order valence-electron chi connectivity index (χ3n) is 5.44. The molecule has 28 heavy (non-hydrogen) atoms. The van der Waals surface area contributed by atoms with Gasteiger partial charge in [0.15, 0.2) is 0 Å². The Morgan fingerprint density at radius 3 is 2.71 bits per heavy atom. The molecule has 2 aromatic carbocycles. The number of carbonyl (C=O) groups excluding carboxylic acids is 1. The zero-order valence-electron chi connectivity index (χ0n) is 15.8. The van der Waals surface area contributed by atoms with E-state index in [0.29, 0.717) is 29.6 Å². The van der Waals surface area contributed by atoms with E-state index in [1.165, 1.54) is 0 Å². The molecule has 0 bridgehead atoms. The molecule has 1 saturated heterocycles. The number of hydrogen-bond acceptors (Lipinski definition) is 4. The second-order valence-corrected chi connectivity index (χ2v) is 8.45. The fourth-order valence-corrected chi connectivity index (χ4v) is 5.22. The third kappa shape index (κ3) is 3.17. The van der Waals surface area contributed by atoms with Crippen LogP contribution in [0.1, 0.15) is 29.0 Å². The molecule has 0 radical (unpaired) electrons. The van der Waals surface area contributed by atoms with Gasteiger partial charge in [0.25, 0.3) is 0 Å². The van der Waals surface area contributed by atoms with Gasteiger partial charge >= 0.3 is 0 Å². The Morgan fingerprint density at radius 1 is 1.18 bits per heavy atom. The summed E-state index contributed by atoms with van der Waals surface area (Å²) in [4.78, 5) is 16.9. The van der Waals surface area contributed by atoms with E-state index in [2.05, 4.69) is 11.0 Å². The van der Waals surface area contributed by atoms with Crippen molar-refractivity contribution in [1.29, 1.82) is 5.26 Å². The van der Waals surface area contributed by atoms with Crippen molar-refractivity contribution in [3.05, 3.63) is 74.8 Å². The first-order valence-corrected chi connectivity index (χ1v) is 10.5. The second-order valence-electron chi connectivity index (χ2n) is 7.10. The highest BCUT2D eigenvalue weighted by Crippen LogP contribution is 2.44. The van der Waals surface area contributed by atoms with E-state index in [1.54, 1.807) is 16.7 Å². The molecule has 0 aliphatic carbocycles. The van der Waals surface area contributed by atoms with Gasteiger partial charge in [-0.25, -0.2) is 0 Å². The molecule has 6 heteroatoms. The number of allylic oxidation sites excluding steroid dienone is 1. The Labute approximate surface area is 174 Å². The third-order valence-corrected chi connectivity index (χ3v) is 7.00. The highest BCUT2D eigenvalue weighted by Gasteiger charge is 2.38. The highest BCUT2D eigenvalue weighted by molar-refractivity contribution is 8.03. The van der Waals surface area contributed by atoms with Gasteiger partial charge in [-0.05, 0) is 42.7 Å². The van der Waals surface area contributed by atoms with Crippen LogP contribution in [0.2, 0.25) is 5.02 Å². The minimum absolute atomic E-state index is 0.0548. The van der Waals surface area contributed by atoms with E-state index in [0.717, 1.165) is 27.4 Å². The number of nitrogens with zero attached hydrogens (tertiary/aromatic N) is 3. The maximum Gasteiger partial charge on any atom is 0.229 e. The quantitative estimate of drug-likeness (QED) is 0.685. The summed E-state index contributed by atoms with van der Waals surface area (Å²) >= 11 is 7.83. The molecular weight excluding hydrogens is 390 g/mol. The number of rotatable bonds is 2. The maximum atomic E-state index is 13.0. The lowest BCUT2D eigenvalue weighted by Crippen LogP contribution is -2.47. The summed E-state index contributed by atoms with van der Waals surface area (Å²) in [6, 6.07) is 16.2. The molecule has 0 spiro atoms. The lowest BCUT2D eigenvalue weighted by molar-refractivity contribution is -0.129. The van der Waals surface area contributed by atoms with Gasteiger partial charge in [-0.3, -0.25) is 9.69 Å². The fraction of sp³-hybridized carbons (Fsp3) is 0.273. The Bertz CT molecular complexity index is 1030. The monoisotopic (exact) mass is 409 g/mol. The van der Waals surface area contributed by atoms with Crippen LogP contribution in [-0.4, -0.2) is 23.4 Å². The number of anilines is 1. The first-order chi connectivity index (χ1) is 13.5. The predicted molar refractivity (Wildman–Crippen MR) is 114 cm³/mol. The lowest BCUT2D eigenvalue weighted by atomic mass is 9.84.